The third kappa shape index (κ3) is 5.48. The molecule has 1 aromatic rings. The Labute approximate surface area is 145 Å². The van der Waals surface area contributed by atoms with E-state index in [0.717, 1.165) is 32.5 Å². The van der Waals surface area contributed by atoms with Crippen LogP contribution in [0.4, 0.5) is 0 Å². The fraction of sp³-hybridized carbons (Fsp3) is 0.611. The molecular weight excluding hydrogens is 312 g/mol. The molecule has 0 bridgehead atoms. The van der Waals surface area contributed by atoms with Crippen LogP contribution in [0.5, 0.6) is 0 Å². The highest BCUT2D eigenvalue weighted by Gasteiger charge is 2.27. The number of carboxylic acids is 1. The molecule has 1 fully saturated rings. The molecule has 0 radical (unpaired) electrons. The molecule has 0 saturated carbocycles. The molecule has 1 atom stereocenters. The van der Waals surface area contributed by atoms with Crippen LogP contribution in [-0.4, -0.2) is 53.1 Å². The van der Waals surface area contributed by atoms with E-state index >= 15 is 0 Å². The number of halogens is 1. The molecule has 1 aromatic carbocycles. The summed E-state index contributed by atoms with van der Waals surface area (Å²) in [5.41, 5.74) is 2.68. The molecule has 4 nitrogen and oxygen atoms in total. The van der Waals surface area contributed by atoms with E-state index in [1.165, 1.54) is 11.1 Å². The van der Waals surface area contributed by atoms with Crippen LogP contribution in [-0.2, 0) is 4.79 Å². The standard InChI is InChI=1S/C18H28N2O2.ClH/c1-4-19(13-18(21)22)17-8-10-20(11-9-17)15(3)16-7-5-6-14(2)12-16;/h5-7,12,15,17H,4,8-11,13H2,1-3H3,(H,21,22);1H. The fourth-order valence-electron chi connectivity index (χ4n) is 3.45. The number of hydrogen-bond acceptors (Lipinski definition) is 3. The molecule has 1 aliphatic rings. The number of carboxylic acid groups (broad SMARTS) is 1. The van der Waals surface area contributed by atoms with Gasteiger partial charge in [0, 0.05) is 25.2 Å². The van der Waals surface area contributed by atoms with Gasteiger partial charge in [-0.2, -0.15) is 0 Å². The van der Waals surface area contributed by atoms with Crippen LogP contribution in [0.25, 0.3) is 0 Å². The summed E-state index contributed by atoms with van der Waals surface area (Å²) in [6, 6.07) is 9.55. The Morgan fingerprint density at radius 2 is 2.04 bits per heavy atom. The van der Waals surface area contributed by atoms with E-state index in [2.05, 4.69) is 47.9 Å². The molecule has 2 rings (SSSR count). The van der Waals surface area contributed by atoms with Crippen molar-refractivity contribution in [3.63, 3.8) is 0 Å². The van der Waals surface area contributed by atoms with Gasteiger partial charge >= 0.3 is 5.97 Å². The molecule has 23 heavy (non-hydrogen) atoms. The first-order chi connectivity index (χ1) is 10.5. The number of nitrogens with zero attached hydrogens (tertiary/aromatic N) is 2. The van der Waals surface area contributed by atoms with Crippen LogP contribution >= 0.6 is 12.4 Å². The van der Waals surface area contributed by atoms with Gasteiger partial charge in [-0.25, -0.2) is 0 Å². The van der Waals surface area contributed by atoms with Gasteiger partial charge in [0.05, 0.1) is 6.54 Å². The smallest absolute Gasteiger partial charge is 0.317 e. The van der Waals surface area contributed by atoms with Crippen molar-refractivity contribution in [1.29, 1.82) is 0 Å². The highest BCUT2D eigenvalue weighted by Crippen LogP contribution is 2.26. The lowest BCUT2D eigenvalue weighted by Crippen LogP contribution is -2.47. The Morgan fingerprint density at radius 3 is 2.57 bits per heavy atom. The number of hydrogen-bond donors (Lipinski definition) is 1. The molecule has 0 aliphatic carbocycles. The van der Waals surface area contributed by atoms with Gasteiger partial charge in [-0.05, 0) is 38.8 Å². The summed E-state index contributed by atoms with van der Waals surface area (Å²) in [5.74, 6) is -0.725. The van der Waals surface area contributed by atoms with Gasteiger partial charge in [0.1, 0.15) is 0 Å². The summed E-state index contributed by atoms with van der Waals surface area (Å²) in [5, 5.41) is 9.01. The average molecular weight is 341 g/mol. The average Bonchev–Trinajstić information content (AvgIpc) is 2.52. The first-order valence-corrected chi connectivity index (χ1v) is 8.27. The second kappa shape index (κ2) is 9.26. The first kappa shape index (κ1) is 19.9. The Hall–Kier alpha value is -1.10. The van der Waals surface area contributed by atoms with E-state index in [1.807, 2.05) is 6.92 Å². The molecular formula is C18H29ClN2O2. The van der Waals surface area contributed by atoms with Crippen LogP contribution in [0.1, 0.15) is 43.9 Å². The minimum atomic E-state index is -0.725. The predicted molar refractivity (Wildman–Crippen MR) is 96.3 cm³/mol. The predicted octanol–water partition coefficient (Wildman–Crippen LogP) is 3.35. The minimum Gasteiger partial charge on any atom is -0.480 e. The number of likely N-dealkylation sites (N-methyl/N-ethyl adjacent to an activating group) is 1. The third-order valence-electron chi connectivity index (χ3n) is 4.83. The largest absolute Gasteiger partial charge is 0.480 e. The van der Waals surface area contributed by atoms with Gasteiger partial charge in [-0.1, -0.05) is 36.8 Å². The second-order valence-corrected chi connectivity index (χ2v) is 6.31. The van der Waals surface area contributed by atoms with Gasteiger partial charge < -0.3 is 5.11 Å². The van der Waals surface area contributed by atoms with Gasteiger partial charge in [0.15, 0.2) is 0 Å². The molecule has 0 amide bonds. The Bertz CT molecular complexity index is 502. The van der Waals surface area contributed by atoms with Crippen molar-refractivity contribution in [2.24, 2.45) is 0 Å². The minimum absolute atomic E-state index is 0. The zero-order chi connectivity index (χ0) is 16.1. The molecule has 0 spiro atoms. The molecule has 130 valence electrons. The van der Waals surface area contributed by atoms with E-state index in [4.69, 9.17) is 5.11 Å². The first-order valence-electron chi connectivity index (χ1n) is 8.27. The zero-order valence-corrected chi connectivity index (χ0v) is 15.2. The van der Waals surface area contributed by atoms with Crippen molar-refractivity contribution in [3.8, 4) is 0 Å². The number of likely N-dealkylation sites (tertiary alicyclic amines) is 1. The Morgan fingerprint density at radius 1 is 1.39 bits per heavy atom. The SMILES string of the molecule is CCN(CC(=O)O)C1CCN(C(C)c2cccc(C)c2)CC1.Cl. The number of rotatable bonds is 6. The fourth-order valence-corrected chi connectivity index (χ4v) is 3.45. The van der Waals surface area contributed by atoms with E-state index < -0.39 is 5.97 Å². The molecule has 1 heterocycles. The summed E-state index contributed by atoms with van der Waals surface area (Å²) in [4.78, 5) is 15.6. The molecule has 5 heteroatoms. The maximum atomic E-state index is 10.9. The van der Waals surface area contributed by atoms with Gasteiger partial charge in [0.25, 0.3) is 0 Å². The zero-order valence-electron chi connectivity index (χ0n) is 14.4. The summed E-state index contributed by atoms with van der Waals surface area (Å²) >= 11 is 0. The highest BCUT2D eigenvalue weighted by atomic mass is 35.5. The van der Waals surface area contributed by atoms with E-state index in [-0.39, 0.29) is 19.0 Å². The van der Waals surface area contributed by atoms with Crippen LogP contribution in [0.2, 0.25) is 0 Å². The van der Waals surface area contributed by atoms with Crippen molar-refractivity contribution < 1.29 is 9.90 Å². The maximum absolute atomic E-state index is 10.9. The summed E-state index contributed by atoms with van der Waals surface area (Å²) in [7, 11) is 0. The maximum Gasteiger partial charge on any atom is 0.317 e. The van der Waals surface area contributed by atoms with Gasteiger partial charge in [0.2, 0.25) is 0 Å². The van der Waals surface area contributed by atoms with Crippen molar-refractivity contribution in [3.05, 3.63) is 35.4 Å². The number of benzene rings is 1. The summed E-state index contributed by atoms with van der Waals surface area (Å²) in [6.07, 6.45) is 2.11. The van der Waals surface area contributed by atoms with Crippen LogP contribution in [0.3, 0.4) is 0 Å². The van der Waals surface area contributed by atoms with Gasteiger partial charge in [-0.15, -0.1) is 12.4 Å². The molecule has 1 N–H and O–H groups in total. The summed E-state index contributed by atoms with van der Waals surface area (Å²) in [6.45, 7) is 9.49. The Balaban J connectivity index is 0.00000264. The number of aliphatic carboxylic acids is 1. The lowest BCUT2D eigenvalue weighted by Gasteiger charge is -2.40. The third-order valence-corrected chi connectivity index (χ3v) is 4.83. The lowest BCUT2D eigenvalue weighted by atomic mass is 9.98. The Kier molecular flexibility index (Phi) is 8.03. The molecule has 1 aliphatic heterocycles. The number of piperidine rings is 1. The van der Waals surface area contributed by atoms with E-state index in [1.54, 1.807) is 0 Å². The van der Waals surface area contributed by atoms with Crippen molar-refractivity contribution in [2.75, 3.05) is 26.2 Å². The number of carbonyl (C=O) groups is 1. The van der Waals surface area contributed by atoms with Crippen molar-refractivity contribution in [2.45, 2.75) is 45.7 Å². The topological polar surface area (TPSA) is 43.8 Å². The monoisotopic (exact) mass is 340 g/mol. The lowest BCUT2D eigenvalue weighted by molar-refractivity contribution is -0.139. The molecule has 1 unspecified atom stereocenters. The van der Waals surface area contributed by atoms with Crippen LogP contribution < -0.4 is 0 Å². The van der Waals surface area contributed by atoms with Crippen LogP contribution in [0.15, 0.2) is 24.3 Å². The van der Waals surface area contributed by atoms with E-state index in [0.29, 0.717) is 12.1 Å². The second-order valence-electron chi connectivity index (χ2n) is 6.31. The summed E-state index contributed by atoms with van der Waals surface area (Å²) < 4.78 is 0. The van der Waals surface area contributed by atoms with Crippen LogP contribution in [0, 0.1) is 6.92 Å². The molecule has 1 saturated heterocycles. The molecule has 0 aromatic heterocycles. The van der Waals surface area contributed by atoms with Crippen molar-refractivity contribution >= 4 is 18.4 Å². The van der Waals surface area contributed by atoms with Gasteiger partial charge in [-0.3, -0.25) is 14.6 Å². The highest BCUT2D eigenvalue weighted by molar-refractivity contribution is 5.85. The van der Waals surface area contributed by atoms with E-state index in [9.17, 15) is 4.79 Å². The quantitative estimate of drug-likeness (QED) is 0.862. The number of aryl methyl sites for hydroxylation is 1. The normalized spacial score (nSPS) is 17.7. The van der Waals surface area contributed by atoms with Crippen molar-refractivity contribution in [1.82, 2.24) is 9.80 Å².